The van der Waals surface area contributed by atoms with Gasteiger partial charge in [-0.25, -0.2) is 4.98 Å². The molecule has 3 rings (SSSR count). The van der Waals surface area contributed by atoms with E-state index in [1.807, 2.05) is 6.07 Å². The number of para-hydroxylation sites is 2. The molecule has 7 nitrogen and oxygen atoms in total. The first-order valence-corrected chi connectivity index (χ1v) is 7.69. The average molecular weight is 327 g/mol. The third-order valence-electron chi connectivity index (χ3n) is 4.15. The number of rotatable bonds is 6. The molecule has 0 N–H and O–H groups in total. The highest BCUT2D eigenvalue weighted by atomic mass is 16.5. The molecule has 1 aliphatic rings. The number of nitrogens with zero attached hydrogens (tertiary/aromatic N) is 3. The van der Waals surface area contributed by atoms with Crippen LogP contribution in [-0.2, 0) is 14.3 Å². The van der Waals surface area contributed by atoms with E-state index in [1.54, 1.807) is 36.3 Å². The van der Waals surface area contributed by atoms with Crippen LogP contribution in [0.15, 0.2) is 28.7 Å². The molecule has 0 radical (unpaired) electrons. The lowest BCUT2D eigenvalue weighted by molar-refractivity contribution is -0.129. The van der Waals surface area contributed by atoms with Gasteiger partial charge in [-0.1, -0.05) is 12.1 Å². The summed E-state index contributed by atoms with van der Waals surface area (Å²) in [6, 6.07) is 9.06. The van der Waals surface area contributed by atoms with Crippen molar-refractivity contribution in [2.24, 2.45) is 5.92 Å². The highest BCUT2D eigenvalue weighted by Crippen LogP contribution is 2.28. The summed E-state index contributed by atoms with van der Waals surface area (Å²) in [5.41, 5.74) is 1.13. The second kappa shape index (κ2) is 6.81. The summed E-state index contributed by atoms with van der Waals surface area (Å²) in [4.78, 5) is 30.5. The fraction of sp³-hybridized carbons (Fsp3) is 0.412. The number of fused-ring (bicyclic) bond motifs is 1. The van der Waals surface area contributed by atoms with Gasteiger partial charge in [0.25, 0.3) is 0 Å². The van der Waals surface area contributed by atoms with Gasteiger partial charge in [-0.15, -0.1) is 0 Å². The number of carbonyl (C=O) groups is 2. The summed E-state index contributed by atoms with van der Waals surface area (Å²) < 4.78 is 10.5. The minimum absolute atomic E-state index is 0.0893. The van der Waals surface area contributed by atoms with Crippen molar-refractivity contribution < 1.29 is 18.7 Å². The van der Waals surface area contributed by atoms with Crippen LogP contribution in [0.3, 0.4) is 0 Å². The largest absolute Gasteiger partial charge is 0.439 e. The zero-order chi connectivity index (χ0) is 17.1. The molecule has 1 aliphatic heterocycles. The molecule has 1 fully saturated rings. The first-order chi connectivity index (χ1) is 11.6. The molecule has 2 heterocycles. The van der Waals surface area contributed by atoms with Crippen molar-refractivity contribution in [3.8, 4) is 6.07 Å². The maximum atomic E-state index is 12.7. The quantitative estimate of drug-likeness (QED) is 0.797. The zero-order valence-electron chi connectivity index (χ0n) is 13.3. The molecular formula is C17H17N3O4. The molecule has 2 unspecified atom stereocenters. The molecule has 2 atom stereocenters. The lowest BCUT2D eigenvalue weighted by Crippen LogP contribution is -2.30. The molecule has 7 heteroatoms. The number of aromatic nitrogens is 1. The van der Waals surface area contributed by atoms with Gasteiger partial charge >= 0.3 is 0 Å². The number of methoxy groups -OCH3 is 1. The van der Waals surface area contributed by atoms with E-state index >= 15 is 0 Å². The summed E-state index contributed by atoms with van der Waals surface area (Å²) in [7, 11) is 1.56. The highest BCUT2D eigenvalue weighted by molar-refractivity contribution is 5.95. The molecule has 1 aromatic carbocycles. The van der Waals surface area contributed by atoms with Gasteiger partial charge in [-0.2, -0.15) is 5.26 Å². The number of nitriles is 1. The van der Waals surface area contributed by atoms with Gasteiger partial charge in [0.1, 0.15) is 5.52 Å². The number of ether oxygens (including phenoxy) is 1. The number of carbonyl (C=O) groups excluding carboxylic acids is 2. The smallest absolute Gasteiger partial charge is 0.223 e. The molecule has 0 spiro atoms. The van der Waals surface area contributed by atoms with Crippen molar-refractivity contribution >= 4 is 22.8 Å². The molecule has 124 valence electrons. The lowest BCUT2D eigenvalue weighted by Gasteiger charge is -2.16. The molecule has 1 saturated heterocycles. The first kappa shape index (κ1) is 16.1. The van der Waals surface area contributed by atoms with Crippen LogP contribution in [0.4, 0.5) is 0 Å². The number of likely N-dealkylation sites (tertiary alicyclic amines) is 1. The topological polar surface area (TPSA) is 96.4 Å². The van der Waals surface area contributed by atoms with Crippen LogP contribution in [-0.4, -0.2) is 48.4 Å². The zero-order valence-corrected chi connectivity index (χ0v) is 13.3. The minimum Gasteiger partial charge on any atom is -0.439 e. The van der Waals surface area contributed by atoms with Gasteiger partial charge in [0.15, 0.2) is 17.3 Å². The van der Waals surface area contributed by atoms with Gasteiger partial charge in [-0.05, 0) is 12.1 Å². The Hall–Kier alpha value is -2.72. The summed E-state index contributed by atoms with van der Waals surface area (Å²) in [6.45, 7) is 1.16. The fourth-order valence-electron chi connectivity index (χ4n) is 2.87. The average Bonchev–Trinajstić information content (AvgIpc) is 3.17. The second-order valence-corrected chi connectivity index (χ2v) is 5.72. The van der Waals surface area contributed by atoms with Gasteiger partial charge in [0.2, 0.25) is 11.8 Å². The van der Waals surface area contributed by atoms with Crippen molar-refractivity contribution in [2.75, 3.05) is 26.8 Å². The van der Waals surface area contributed by atoms with E-state index < -0.39 is 11.8 Å². The maximum Gasteiger partial charge on any atom is 0.223 e. The van der Waals surface area contributed by atoms with Crippen LogP contribution in [0.5, 0.6) is 0 Å². The molecule has 2 aromatic rings. The number of Topliss-reactive ketones (excluding diaryl/α,β-unsaturated/α-hetero) is 1. The number of hydrogen-bond acceptors (Lipinski definition) is 6. The Balaban J connectivity index is 1.77. The molecule has 0 aliphatic carbocycles. The summed E-state index contributed by atoms with van der Waals surface area (Å²) in [5.74, 6) is -1.95. The highest BCUT2D eigenvalue weighted by Gasteiger charge is 2.39. The number of ketones is 1. The van der Waals surface area contributed by atoms with E-state index in [9.17, 15) is 14.9 Å². The third kappa shape index (κ3) is 3.01. The van der Waals surface area contributed by atoms with Gasteiger partial charge in [0, 0.05) is 32.5 Å². The number of oxazole rings is 1. The van der Waals surface area contributed by atoms with Gasteiger partial charge in [-0.3, -0.25) is 9.59 Å². The van der Waals surface area contributed by atoms with Crippen LogP contribution in [0.2, 0.25) is 0 Å². The number of benzene rings is 1. The van der Waals surface area contributed by atoms with E-state index in [0.29, 0.717) is 30.8 Å². The molecule has 1 aromatic heterocycles. The molecule has 24 heavy (non-hydrogen) atoms. The van der Waals surface area contributed by atoms with Crippen molar-refractivity contribution in [2.45, 2.75) is 12.3 Å². The monoisotopic (exact) mass is 327 g/mol. The van der Waals surface area contributed by atoms with E-state index in [4.69, 9.17) is 9.15 Å². The van der Waals surface area contributed by atoms with E-state index in [-0.39, 0.29) is 24.0 Å². The summed E-state index contributed by atoms with van der Waals surface area (Å²) in [6.07, 6.45) is 0.112. The Morgan fingerprint density at radius 1 is 1.54 bits per heavy atom. The molecule has 1 amide bonds. The first-order valence-electron chi connectivity index (χ1n) is 7.69. The van der Waals surface area contributed by atoms with Crippen molar-refractivity contribution in [1.82, 2.24) is 9.88 Å². The minimum atomic E-state index is -1.10. The van der Waals surface area contributed by atoms with Gasteiger partial charge < -0.3 is 14.1 Å². The number of amides is 1. The third-order valence-corrected chi connectivity index (χ3v) is 4.15. The second-order valence-electron chi connectivity index (χ2n) is 5.72. The molecule has 0 bridgehead atoms. The molecular weight excluding hydrogens is 310 g/mol. The Morgan fingerprint density at radius 3 is 3.04 bits per heavy atom. The molecule has 0 saturated carbocycles. The Morgan fingerprint density at radius 2 is 2.33 bits per heavy atom. The SMILES string of the molecule is COCCN1CC(C(=O)C(C#N)c2nc3ccccc3o2)CC1=O. The van der Waals surface area contributed by atoms with Crippen molar-refractivity contribution in [3.63, 3.8) is 0 Å². The predicted octanol–water partition coefficient (Wildman–Crippen LogP) is 1.50. The Kier molecular flexibility index (Phi) is 4.58. The van der Waals surface area contributed by atoms with Crippen LogP contribution in [0, 0.1) is 17.2 Å². The van der Waals surface area contributed by atoms with Crippen molar-refractivity contribution in [3.05, 3.63) is 30.2 Å². The van der Waals surface area contributed by atoms with Crippen LogP contribution in [0.1, 0.15) is 18.2 Å². The fourth-order valence-corrected chi connectivity index (χ4v) is 2.87. The normalized spacial score (nSPS) is 18.8. The summed E-state index contributed by atoms with van der Waals surface area (Å²) >= 11 is 0. The van der Waals surface area contributed by atoms with Crippen LogP contribution >= 0.6 is 0 Å². The van der Waals surface area contributed by atoms with E-state index in [2.05, 4.69) is 4.98 Å². The van der Waals surface area contributed by atoms with Crippen molar-refractivity contribution in [1.29, 1.82) is 5.26 Å². The van der Waals surface area contributed by atoms with E-state index in [1.165, 1.54) is 0 Å². The Bertz CT molecular complexity index is 775. The van der Waals surface area contributed by atoms with Crippen LogP contribution in [0.25, 0.3) is 11.1 Å². The maximum absolute atomic E-state index is 12.7. The standard InChI is InChI=1S/C17H17N3O4/c1-23-7-6-20-10-11(8-15(20)21)16(22)12(9-18)17-19-13-4-2-3-5-14(13)24-17/h2-5,11-12H,6-8,10H2,1H3. The van der Waals surface area contributed by atoms with E-state index in [0.717, 1.165) is 0 Å². The van der Waals surface area contributed by atoms with Gasteiger partial charge in [0.05, 0.1) is 12.7 Å². The Labute approximate surface area is 138 Å². The lowest BCUT2D eigenvalue weighted by atomic mass is 9.93. The predicted molar refractivity (Wildman–Crippen MR) is 83.9 cm³/mol. The van der Waals surface area contributed by atoms with Crippen LogP contribution < -0.4 is 0 Å². The summed E-state index contributed by atoms with van der Waals surface area (Å²) in [5, 5.41) is 9.42. The number of hydrogen-bond donors (Lipinski definition) is 0.